The zero-order chi connectivity index (χ0) is 16.2. The number of halogens is 1. The second-order valence-corrected chi connectivity index (χ2v) is 6.22. The van der Waals surface area contributed by atoms with Crippen molar-refractivity contribution in [2.24, 2.45) is 0 Å². The Bertz CT molecular complexity index is 686. The highest BCUT2D eigenvalue weighted by molar-refractivity contribution is 6.30. The van der Waals surface area contributed by atoms with Gasteiger partial charge in [-0.15, -0.1) is 0 Å². The zero-order valence-electron chi connectivity index (χ0n) is 12.9. The Morgan fingerprint density at radius 2 is 2.26 bits per heavy atom. The van der Waals surface area contributed by atoms with Crippen LogP contribution in [0.5, 0.6) is 0 Å². The fourth-order valence-electron chi connectivity index (χ4n) is 3.08. The van der Waals surface area contributed by atoms with E-state index < -0.39 is 0 Å². The van der Waals surface area contributed by atoms with Crippen molar-refractivity contribution in [2.45, 2.75) is 31.7 Å². The highest BCUT2D eigenvalue weighted by atomic mass is 35.5. The molecule has 1 aliphatic heterocycles. The fraction of sp³-hybridized carbons (Fsp3) is 0.412. The first-order valence-corrected chi connectivity index (χ1v) is 8.30. The summed E-state index contributed by atoms with van der Waals surface area (Å²) < 4.78 is 1.66. The minimum atomic E-state index is -0.0359. The van der Waals surface area contributed by atoms with E-state index in [1.807, 2.05) is 23.1 Å². The van der Waals surface area contributed by atoms with Crippen LogP contribution in [0.15, 0.2) is 36.5 Å². The molecule has 0 spiro atoms. The monoisotopic (exact) mass is 333 g/mol. The third-order valence-corrected chi connectivity index (χ3v) is 4.45. The van der Waals surface area contributed by atoms with Crippen molar-refractivity contribution in [1.82, 2.24) is 14.7 Å². The molecule has 2 heterocycles. The molecule has 122 valence electrons. The van der Waals surface area contributed by atoms with Crippen molar-refractivity contribution < 1.29 is 9.90 Å². The van der Waals surface area contributed by atoms with E-state index in [0.29, 0.717) is 10.7 Å². The number of aliphatic hydroxyl groups excluding tert-OH is 1. The van der Waals surface area contributed by atoms with Crippen LogP contribution in [0.3, 0.4) is 0 Å². The van der Waals surface area contributed by atoms with E-state index in [9.17, 15) is 4.79 Å². The summed E-state index contributed by atoms with van der Waals surface area (Å²) in [5.74, 6) is -0.0359. The number of amides is 1. The van der Waals surface area contributed by atoms with Crippen molar-refractivity contribution >= 4 is 17.5 Å². The molecule has 2 aromatic rings. The van der Waals surface area contributed by atoms with E-state index in [-0.39, 0.29) is 18.6 Å². The number of likely N-dealkylation sites (tertiary alicyclic amines) is 1. The van der Waals surface area contributed by atoms with Gasteiger partial charge in [0, 0.05) is 30.4 Å². The van der Waals surface area contributed by atoms with Crippen molar-refractivity contribution in [1.29, 1.82) is 0 Å². The average Bonchev–Trinajstić information content (AvgIpc) is 3.21. The van der Waals surface area contributed by atoms with Gasteiger partial charge in [-0.1, -0.05) is 17.7 Å². The first-order chi connectivity index (χ1) is 11.2. The fourth-order valence-corrected chi connectivity index (χ4v) is 3.26. The van der Waals surface area contributed by atoms with Crippen LogP contribution in [0.4, 0.5) is 0 Å². The van der Waals surface area contributed by atoms with E-state index in [2.05, 4.69) is 5.10 Å². The van der Waals surface area contributed by atoms with Gasteiger partial charge in [0.15, 0.2) is 5.69 Å². The molecule has 0 saturated carbocycles. The Labute approximate surface area is 140 Å². The molecule has 0 aliphatic carbocycles. The molecule has 1 fully saturated rings. The highest BCUT2D eigenvalue weighted by Gasteiger charge is 2.30. The third-order valence-electron chi connectivity index (χ3n) is 4.21. The van der Waals surface area contributed by atoms with Crippen LogP contribution in [0.2, 0.25) is 5.02 Å². The summed E-state index contributed by atoms with van der Waals surface area (Å²) in [4.78, 5) is 14.6. The second kappa shape index (κ2) is 7.15. The van der Waals surface area contributed by atoms with Crippen LogP contribution in [0.25, 0.3) is 5.69 Å². The van der Waals surface area contributed by atoms with E-state index in [1.165, 1.54) is 0 Å². The van der Waals surface area contributed by atoms with Gasteiger partial charge in [-0.2, -0.15) is 5.10 Å². The number of carbonyl (C=O) groups is 1. The highest BCUT2D eigenvalue weighted by Crippen LogP contribution is 2.23. The minimum absolute atomic E-state index is 0.0359. The molecule has 23 heavy (non-hydrogen) atoms. The van der Waals surface area contributed by atoms with E-state index >= 15 is 0 Å². The van der Waals surface area contributed by atoms with E-state index in [4.69, 9.17) is 16.7 Å². The van der Waals surface area contributed by atoms with Gasteiger partial charge in [-0.05, 0) is 49.9 Å². The van der Waals surface area contributed by atoms with Crippen molar-refractivity contribution in [2.75, 3.05) is 13.2 Å². The molecular formula is C17H20ClN3O2. The summed E-state index contributed by atoms with van der Waals surface area (Å²) in [5, 5.41) is 14.0. The molecule has 1 aromatic carbocycles. The number of aromatic nitrogens is 2. The van der Waals surface area contributed by atoms with Gasteiger partial charge in [0.25, 0.3) is 5.91 Å². The summed E-state index contributed by atoms with van der Waals surface area (Å²) in [7, 11) is 0. The van der Waals surface area contributed by atoms with Crippen LogP contribution in [0, 0.1) is 0 Å². The molecule has 3 rings (SSSR count). The van der Waals surface area contributed by atoms with Crippen molar-refractivity contribution in [3.8, 4) is 5.69 Å². The maximum Gasteiger partial charge on any atom is 0.274 e. The molecule has 1 N–H and O–H groups in total. The largest absolute Gasteiger partial charge is 0.396 e. The van der Waals surface area contributed by atoms with Crippen molar-refractivity contribution in [3.63, 3.8) is 0 Å². The molecule has 1 aromatic heterocycles. The number of carbonyl (C=O) groups excluding carboxylic acids is 1. The Kier molecular flexibility index (Phi) is 4.98. The van der Waals surface area contributed by atoms with Gasteiger partial charge in [-0.25, -0.2) is 4.68 Å². The Morgan fingerprint density at radius 1 is 1.39 bits per heavy atom. The number of rotatable bonds is 5. The van der Waals surface area contributed by atoms with Crippen LogP contribution in [-0.4, -0.2) is 44.9 Å². The van der Waals surface area contributed by atoms with Gasteiger partial charge < -0.3 is 10.0 Å². The van der Waals surface area contributed by atoms with Crippen LogP contribution >= 0.6 is 11.6 Å². The lowest BCUT2D eigenvalue weighted by atomic mass is 10.1. The van der Waals surface area contributed by atoms with Crippen LogP contribution in [-0.2, 0) is 0 Å². The maximum atomic E-state index is 12.7. The normalized spacial score (nSPS) is 17.7. The average molecular weight is 334 g/mol. The summed E-state index contributed by atoms with van der Waals surface area (Å²) in [6, 6.07) is 9.31. The zero-order valence-corrected chi connectivity index (χ0v) is 13.6. The lowest BCUT2D eigenvalue weighted by Crippen LogP contribution is -2.36. The predicted octanol–water partition coefficient (Wildman–Crippen LogP) is 2.90. The summed E-state index contributed by atoms with van der Waals surface area (Å²) in [5.41, 5.74) is 1.27. The molecule has 1 saturated heterocycles. The molecule has 1 aliphatic rings. The smallest absolute Gasteiger partial charge is 0.274 e. The summed E-state index contributed by atoms with van der Waals surface area (Å²) >= 11 is 6.00. The molecule has 1 unspecified atom stereocenters. The maximum absolute atomic E-state index is 12.7. The molecule has 6 heteroatoms. The topological polar surface area (TPSA) is 58.4 Å². The van der Waals surface area contributed by atoms with E-state index in [0.717, 1.165) is 37.9 Å². The Morgan fingerprint density at radius 3 is 3.04 bits per heavy atom. The number of hydrogen-bond donors (Lipinski definition) is 1. The van der Waals surface area contributed by atoms with Gasteiger partial charge in [0.2, 0.25) is 0 Å². The van der Waals surface area contributed by atoms with Gasteiger partial charge in [0.1, 0.15) is 0 Å². The summed E-state index contributed by atoms with van der Waals surface area (Å²) in [6.07, 6.45) is 5.36. The predicted molar refractivity (Wildman–Crippen MR) is 89.0 cm³/mol. The Balaban J connectivity index is 1.76. The molecule has 1 atom stereocenters. The molecule has 5 nitrogen and oxygen atoms in total. The SMILES string of the molecule is O=C(c1ccn(-c2cccc(Cl)c2)n1)N1CCCC1CCCO. The standard InChI is InChI=1S/C17H20ClN3O2/c18-13-4-1-5-15(12-13)21-10-8-16(19-21)17(23)20-9-2-6-14(20)7-3-11-22/h1,4-5,8,10,12,14,22H,2-3,6-7,9,11H2. The molecule has 0 radical (unpaired) electrons. The molecular weight excluding hydrogens is 314 g/mol. The summed E-state index contributed by atoms with van der Waals surface area (Å²) in [6.45, 7) is 0.931. The lowest BCUT2D eigenvalue weighted by molar-refractivity contribution is 0.0718. The van der Waals surface area contributed by atoms with Crippen molar-refractivity contribution in [3.05, 3.63) is 47.2 Å². The molecule has 0 bridgehead atoms. The Hall–Kier alpha value is -1.85. The first-order valence-electron chi connectivity index (χ1n) is 7.92. The quantitative estimate of drug-likeness (QED) is 0.915. The van der Waals surface area contributed by atoms with E-state index in [1.54, 1.807) is 23.0 Å². The second-order valence-electron chi connectivity index (χ2n) is 5.79. The number of nitrogens with zero attached hydrogens (tertiary/aromatic N) is 3. The number of aliphatic hydroxyl groups is 1. The lowest BCUT2D eigenvalue weighted by Gasteiger charge is -2.23. The number of benzene rings is 1. The molecule has 1 amide bonds. The van der Waals surface area contributed by atoms with Gasteiger partial charge in [0.05, 0.1) is 5.69 Å². The number of hydrogen-bond acceptors (Lipinski definition) is 3. The van der Waals surface area contributed by atoms with Crippen LogP contribution in [0.1, 0.15) is 36.2 Å². The van der Waals surface area contributed by atoms with Crippen LogP contribution < -0.4 is 0 Å². The van der Waals surface area contributed by atoms with Gasteiger partial charge >= 0.3 is 0 Å². The third kappa shape index (κ3) is 3.57. The minimum Gasteiger partial charge on any atom is -0.396 e. The first kappa shape index (κ1) is 16.0. The van der Waals surface area contributed by atoms with Gasteiger partial charge in [-0.3, -0.25) is 4.79 Å².